The zero-order valence-corrected chi connectivity index (χ0v) is 6.29. The molecule has 1 heterocycles. The van der Waals surface area contributed by atoms with Gasteiger partial charge in [0.25, 0.3) is 0 Å². The molecule has 0 bridgehead atoms. The quantitative estimate of drug-likeness (QED) is 0.666. The summed E-state index contributed by atoms with van der Waals surface area (Å²) in [6.07, 6.45) is 4.41. The number of hydrogen-bond donors (Lipinski definition) is 1. The van der Waals surface area contributed by atoms with Gasteiger partial charge < -0.3 is 5.32 Å². The van der Waals surface area contributed by atoms with Crippen molar-refractivity contribution in [1.82, 2.24) is 10.3 Å². The number of hydrogen-bond acceptors (Lipinski definition) is 2. The van der Waals surface area contributed by atoms with E-state index in [9.17, 15) is 4.79 Å². The van der Waals surface area contributed by atoms with Gasteiger partial charge in [0, 0.05) is 19.7 Å². The van der Waals surface area contributed by atoms with Gasteiger partial charge in [-0.3, -0.25) is 9.78 Å². The van der Waals surface area contributed by atoms with Gasteiger partial charge in [-0.25, -0.2) is 0 Å². The van der Waals surface area contributed by atoms with E-state index in [1.54, 1.807) is 6.20 Å². The van der Waals surface area contributed by atoms with Crippen LogP contribution in [0.1, 0.15) is 12.5 Å². The second-order valence-corrected chi connectivity index (χ2v) is 2.18. The lowest BCUT2D eigenvalue weighted by Gasteiger charge is -1.98. The highest BCUT2D eigenvalue weighted by atomic mass is 16.1. The average Bonchev–Trinajstić information content (AvgIpc) is 2.03. The van der Waals surface area contributed by atoms with Crippen molar-refractivity contribution >= 4 is 5.91 Å². The Hall–Kier alpha value is -1.38. The van der Waals surface area contributed by atoms with Gasteiger partial charge in [-0.15, -0.1) is 0 Å². The van der Waals surface area contributed by atoms with Gasteiger partial charge in [0.05, 0.1) is 6.20 Å². The minimum atomic E-state index is -0.0396. The fourth-order valence-corrected chi connectivity index (χ4v) is 0.678. The molecule has 0 aliphatic heterocycles. The number of aromatic nitrogens is 1. The number of nitrogens with one attached hydrogen (secondary N) is 1. The Morgan fingerprint density at radius 2 is 2.64 bits per heavy atom. The van der Waals surface area contributed by atoms with E-state index in [2.05, 4.69) is 16.5 Å². The van der Waals surface area contributed by atoms with Crippen molar-refractivity contribution in [1.29, 1.82) is 0 Å². The summed E-state index contributed by atoms with van der Waals surface area (Å²) in [5.41, 5.74) is 0.891. The lowest BCUT2D eigenvalue weighted by molar-refractivity contribution is -0.119. The first-order chi connectivity index (χ1) is 5.29. The molecule has 1 radical (unpaired) electrons. The number of carbonyl (C=O) groups is 1. The van der Waals surface area contributed by atoms with Crippen molar-refractivity contribution in [2.75, 3.05) is 0 Å². The van der Waals surface area contributed by atoms with Gasteiger partial charge in [0.2, 0.25) is 5.91 Å². The van der Waals surface area contributed by atoms with Crippen LogP contribution in [0, 0.1) is 6.20 Å². The van der Waals surface area contributed by atoms with Crippen LogP contribution in [0.3, 0.4) is 0 Å². The van der Waals surface area contributed by atoms with E-state index in [-0.39, 0.29) is 5.91 Å². The smallest absolute Gasteiger partial charge is 0.217 e. The summed E-state index contributed by atoms with van der Waals surface area (Å²) < 4.78 is 0. The fraction of sp³-hybridized carbons (Fsp3) is 0.250. The van der Waals surface area contributed by atoms with Crippen molar-refractivity contribution in [3.8, 4) is 0 Å². The molecule has 57 valence electrons. The molecule has 0 unspecified atom stereocenters. The first-order valence-electron chi connectivity index (χ1n) is 3.35. The van der Waals surface area contributed by atoms with Gasteiger partial charge in [0.1, 0.15) is 0 Å². The van der Waals surface area contributed by atoms with Crippen LogP contribution in [0.2, 0.25) is 0 Å². The van der Waals surface area contributed by atoms with Crippen LogP contribution in [-0.4, -0.2) is 10.9 Å². The van der Waals surface area contributed by atoms with E-state index in [1.165, 1.54) is 6.92 Å². The molecule has 1 N–H and O–H groups in total. The number of nitrogens with zero attached hydrogens (tertiary/aromatic N) is 1. The number of pyridine rings is 1. The minimum Gasteiger partial charge on any atom is -0.352 e. The monoisotopic (exact) mass is 149 g/mol. The van der Waals surface area contributed by atoms with Crippen LogP contribution < -0.4 is 5.32 Å². The van der Waals surface area contributed by atoms with Crippen LogP contribution in [0.25, 0.3) is 0 Å². The van der Waals surface area contributed by atoms with E-state index >= 15 is 0 Å². The largest absolute Gasteiger partial charge is 0.352 e. The summed E-state index contributed by atoms with van der Waals surface area (Å²) in [7, 11) is 0. The normalized spacial score (nSPS) is 9.18. The van der Waals surface area contributed by atoms with Gasteiger partial charge in [-0.05, 0) is 11.6 Å². The third kappa shape index (κ3) is 2.80. The lowest BCUT2D eigenvalue weighted by Crippen LogP contribution is -2.18. The Balaban J connectivity index is 2.45. The van der Waals surface area contributed by atoms with Crippen molar-refractivity contribution < 1.29 is 4.79 Å². The van der Waals surface area contributed by atoms with Crippen LogP contribution in [0.4, 0.5) is 0 Å². The van der Waals surface area contributed by atoms with Crippen LogP contribution >= 0.6 is 0 Å². The molecular weight excluding hydrogens is 140 g/mol. The third-order valence-corrected chi connectivity index (χ3v) is 1.19. The summed E-state index contributed by atoms with van der Waals surface area (Å²) in [5.74, 6) is -0.0396. The first kappa shape index (κ1) is 7.72. The van der Waals surface area contributed by atoms with Crippen molar-refractivity contribution in [2.45, 2.75) is 13.5 Å². The van der Waals surface area contributed by atoms with Crippen molar-refractivity contribution in [2.24, 2.45) is 0 Å². The number of carbonyl (C=O) groups excluding carboxylic acids is 1. The van der Waals surface area contributed by atoms with Gasteiger partial charge in [-0.2, -0.15) is 0 Å². The fourth-order valence-electron chi connectivity index (χ4n) is 0.678. The highest BCUT2D eigenvalue weighted by molar-refractivity contribution is 5.72. The molecule has 0 saturated carbocycles. The Morgan fingerprint density at radius 1 is 1.82 bits per heavy atom. The molecule has 11 heavy (non-hydrogen) atoms. The molecule has 0 fully saturated rings. The lowest BCUT2D eigenvalue weighted by atomic mass is 10.3. The van der Waals surface area contributed by atoms with Crippen LogP contribution in [0.5, 0.6) is 0 Å². The second kappa shape index (κ2) is 3.71. The predicted molar refractivity (Wildman–Crippen MR) is 40.6 cm³/mol. The standard InChI is InChI=1S/C8H9N2O/c1-7(11)10-6-8-3-2-4-9-5-8/h2-4H,6H2,1H3,(H,10,11). The molecule has 0 saturated heterocycles. The number of amides is 1. The van der Waals surface area contributed by atoms with E-state index in [0.29, 0.717) is 6.54 Å². The highest BCUT2D eigenvalue weighted by Gasteiger charge is 1.92. The zero-order valence-electron chi connectivity index (χ0n) is 6.29. The Kier molecular flexibility index (Phi) is 2.60. The third-order valence-electron chi connectivity index (χ3n) is 1.19. The van der Waals surface area contributed by atoms with E-state index in [1.807, 2.05) is 12.1 Å². The molecule has 1 aromatic heterocycles. The van der Waals surface area contributed by atoms with E-state index in [0.717, 1.165) is 5.56 Å². The molecular formula is C8H9N2O. The summed E-state index contributed by atoms with van der Waals surface area (Å²) in [5, 5.41) is 2.65. The van der Waals surface area contributed by atoms with Crippen molar-refractivity contribution in [3.05, 3.63) is 30.1 Å². The van der Waals surface area contributed by atoms with Gasteiger partial charge in [-0.1, -0.05) is 6.07 Å². The maximum atomic E-state index is 10.5. The van der Waals surface area contributed by atoms with Crippen LogP contribution in [0.15, 0.2) is 18.3 Å². The molecule has 0 aliphatic rings. The summed E-state index contributed by atoms with van der Waals surface area (Å²) in [4.78, 5) is 14.3. The van der Waals surface area contributed by atoms with Crippen LogP contribution in [-0.2, 0) is 11.3 Å². The maximum absolute atomic E-state index is 10.5. The molecule has 3 heteroatoms. The Morgan fingerprint density at radius 3 is 3.18 bits per heavy atom. The van der Waals surface area contributed by atoms with Gasteiger partial charge in [0.15, 0.2) is 0 Å². The SMILES string of the molecule is CC(=O)NCc1[c]nccc1. The molecule has 1 rings (SSSR count). The Bertz CT molecular complexity index is 233. The van der Waals surface area contributed by atoms with E-state index in [4.69, 9.17) is 0 Å². The summed E-state index contributed by atoms with van der Waals surface area (Å²) >= 11 is 0. The summed E-state index contributed by atoms with van der Waals surface area (Å²) in [6, 6.07) is 3.68. The maximum Gasteiger partial charge on any atom is 0.217 e. The number of rotatable bonds is 2. The molecule has 0 spiro atoms. The van der Waals surface area contributed by atoms with E-state index < -0.39 is 0 Å². The molecule has 3 nitrogen and oxygen atoms in total. The predicted octanol–water partition coefficient (Wildman–Crippen LogP) is 0.518. The van der Waals surface area contributed by atoms with Gasteiger partial charge >= 0.3 is 0 Å². The molecule has 0 aromatic carbocycles. The topological polar surface area (TPSA) is 42.0 Å². The Labute approximate surface area is 65.5 Å². The first-order valence-corrected chi connectivity index (χ1v) is 3.35. The molecule has 1 amide bonds. The minimum absolute atomic E-state index is 0.0396. The molecule has 1 aromatic rings. The molecule has 0 aliphatic carbocycles. The highest BCUT2D eigenvalue weighted by Crippen LogP contribution is 1.92. The van der Waals surface area contributed by atoms with Crippen molar-refractivity contribution in [3.63, 3.8) is 0 Å². The molecule has 0 atom stereocenters. The average molecular weight is 149 g/mol. The summed E-state index contributed by atoms with van der Waals surface area (Å²) in [6.45, 7) is 1.99. The second-order valence-electron chi connectivity index (χ2n) is 2.18. The zero-order chi connectivity index (χ0) is 8.10.